The van der Waals surface area contributed by atoms with Crippen LogP contribution in [-0.2, 0) is 4.74 Å². The number of amides is 1. The first-order chi connectivity index (χ1) is 9.87. The van der Waals surface area contributed by atoms with Gasteiger partial charge in [-0.2, -0.15) is 0 Å². The van der Waals surface area contributed by atoms with Crippen molar-refractivity contribution in [2.45, 2.75) is 44.8 Å². The van der Waals surface area contributed by atoms with E-state index in [1.165, 1.54) is 12.0 Å². The zero-order chi connectivity index (χ0) is 15.5. The average molecular weight is 290 g/mol. The maximum absolute atomic E-state index is 11.8. The first kappa shape index (κ1) is 15.8. The van der Waals surface area contributed by atoms with Crippen LogP contribution in [0.2, 0.25) is 0 Å². The van der Waals surface area contributed by atoms with Crippen LogP contribution in [0.4, 0.5) is 4.79 Å². The third kappa shape index (κ3) is 5.05. The molecule has 0 aromatic heterocycles. The Balaban J connectivity index is 1.66. The summed E-state index contributed by atoms with van der Waals surface area (Å²) < 4.78 is 5.32. The summed E-state index contributed by atoms with van der Waals surface area (Å²) in [6, 6.07) is 11.1. The fraction of sp³-hybridized carbons (Fsp3) is 0.588. The monoisotopic (exact) mass is 290 g/mol. The lowest BCUT2D eigenvalue weighted by atomic mass is 10.1. The van der Waals surface area contributed by atoms with Crippen LogP contribution in [0.15, 0.2) is 30.3 Å². The van der Waals surface area contributed by atoms with E-state index in [0.29, 0.717) is 18.5 Å². The number of carbonyl (C=O) groups is 1. The van der Waals surface area contributed by atoms with Crippen LogP contribution in [0.1, 0.15) is 38.7 Å². The van der Waals surface area contributed by atoms with E-state index in [2.05, 4.69) is 29.6 Å². The first-order valence-electron chi connectivity index (χ1n) is 7.59. The SMILES string of the molecule is CN(CCN[C@@H]1C[C@H]1c1ccccc1)C(=O)OC(C)(C)C. The first-order valence-corrected chi connectivity index (χ1v) is 7.59. The molecule has 0 aliphatic heterocycles. The maximum atomic E-state index is 11.8. The van der Waals surface area contributed by atoms with Crippen LogP contribution < -0.4 is 5.32 Å². The van der Waals surface area contributed by atoms with Crippen LogP contribution in [0, 0.1) is 0 Å². The number of rotatable bonds is 5. The second-order valence-electron chi connectivity index (χ2n) is 6.72. The molecule has 1 aliphatic rings. The van der Waals surface area contributed by atoms with E-state index in [0.717, 1.165) is 6.54 Å². The summed E-state index contributed by atoms with van der Waals surface area (Å²) >= 11 is 0. The Labute approximate surface area is 127 Å². The van der Waals surface area contributed by atoms with Gasteiger partial charge < -0.3 is 15.0 Å². The molecule has 1 aromatic rings. The van der Waals surface area contributed by atoms with Crippen molar-refractivity contribution in [1.29, 1.82) is 0 Å². The lowest BCUT2D eigenvalue weighted by molar-refractivity contribution is 0.0300. The van der Waals surface area contributed by atoms with Crippen molar-refractivity contribution in [2.75, 3.05) is 20.1 Å². The summed E-state index contributed by atoms with van der Waals surface area (Å²) in [7, 11) is 1.78. The summed E-state index contributed by atoms with van der Waals surface area (Å²) in [6.07, 6.45) is 0.917. The molecule has 1 amide bonds. The Morgan fingerprint density at radius 2 is 2.00 bits per heavy atom. The van der Waals surface area contributed by atoms with E-state index in [1.54, 1.807) is 11.9 Å². The molecular formula is C17H26N2O2. The van der Waals surface area contributed by atoms with Gasteiger partial charge in [0.15, 0.2) is 0 Å². The van der Waals surface area contributed by atoms with Crippen molar-refractivity contribution in [3.63, 3.8) is 0 Å². The van der Waals surface area contributed by atoms with Crippen molar-refractivity contribution in [1.82, 2.24) is 10.2 Å². The number of ether oxygens (including phenoxy) is 1. The minimum Gasteiger partial charge on any atom is -0.444 e. The van der Waals surface area contributed by atoms with Gasteiger partial charge in [-0.1, -0.05) is 30.3 Å². The molecule has 4 nitrogen and oxygen atoms in total. The van der Waals surface area contributed by atoms with E-state index in [9.17, 15) is 4.79 Å². The van der Waals surface area contributed by atoms with Gasteiger partial charge in [0.2, 0.25) is 0 Å². The van der Waals surface area contributed by atoms with Crippen molar-refractivity contribution in [3.8, 4) is 0 Å². The molecule has 1 aliphatic carbocycles. The Morgan fingerprint density at radius 1 is 1.33 bits per heavy atom. The largest absolute Gasteiger partial charge is 0.444 e. The summed E-state index contributed by atoms with van der Waals surface area (Å²) in [6.45, 7) is 7.10. The molecule has 116 valence electrons. The summed E-state index contributed by atoms with van der Waals surface area (Å²) in [5.41, 5.74) is 0.962. The predicted octanol–water partition coefficient (Wildman–Crippen LogP) is 3.00. The molecule has 2 rings (SSSR count). The third-order valence-corrected chi connectivity index (χ3v) is 3.58. The van der Waals surface area contributed by atoms with Crippen molar-refractivity contribution in [2.24, 2.45) is 0 Å². The smallest absolute Gasteiger partial charge is 0.410 e. The normalized spacial score (nSPS) is 21.0. The molecule has 1 N–H and O–H groups in total. The lowest BCUT2D eigenvalue weighted by Crippen LogP contribution is -2.38. The number of benzene rings is 1. The van der Waals surface area contributed by atoms with Crippen LogP contribution in [0.3, 0.4) is 0 Å². The minimum atomic E-state index is -0.437. The molecule has 0 heterocycles. The van der Waals surface area contributed by atoms with Crippen molar-refractivity contribution in [3.05, 3.63) is 35.9 Å². The number of carbonyl (C=O) groups excluding carboxylic acids is 1. The topological polar surface area (TPSA) is 41.6 Å². The molecule has 0 spiro atoms. The van der Waals surface area contributed by atoms with Crippen LogP contribution >= 0.6 is 0 Å². The number of hydrogen-bond acceptors (Lipinski definition) is 3. The van der Waals surface area contributed by atoms with Crippen LogP contribution in [0.25, 0.3) is 0 Å². The van der Waals surface area contributed by atoms with Gasteiger partial charge in [-0.05, 0) is 32.8 Å². The molecular weight excluding hydrogens is 264 g/mol. The summed E-state index contributed by atoms with van der Waals surface area (Å²) in [4.78, 5) is 13.4. The van der Waals surface area contributed by atoms with Crippen LogP contribution in [-0.4, -0.2) is 42.8 Å². The highest BCUT2D eigenvalue weighted by molar-refractivity contribution is 5.67. The predicted molar refractivity (Wildman–Crippen MR) is 84.5 cm³/mol. The number of likely N-dealkylation sites (N-methyl/N-ethyl adjacent to an activating group) is 1. The zero-order valence-electron chi connectivity index (χ0n) is 13.4. The fourth-order valence-corrected chi connectivity index (χ4v) is 2.34. The number of hydrogen-bond donors (Lipinski definition) is 1. The van der Waals surface area contributed by atoms with Gasteiger partial charge in [-0.25, -0.2) is 4.79 Å². The van der Waals surface area contributed by atoms with Gasteiger partial charge in [-0.3, -0.25) is 0 Å². The minimum absolute atomic E-state index is 0.264. The Morgan fingerprint density at radius 3 is 2.62 bits per heavy atom. The van der Waals surface area contributed by atoms with Gasteiger partial charge in [0.05, 0.1) is 0 Å². The van der Waals surface area contributed by atoms with Crippen LogP contribution in [0.5, 0.6) is 0 Å². The molecule has 21 heavy (non-hydrogen) atoms. The second-order valence-corrected chi connectivity index (χ2v) is 6.72. The highest BCUT2D eigenvalue weighted by Crippen LogP contribution is 2.40. The van der Waals surface area contributed by atoms with Gasteiger partial charge in [0.25, 0.3) is 0 Å². The van der Waals surface area contributed by atoms with E-state index in [4.69, 9.17) is 4.74 Å². The molecule has 1 fully saturated rings. The van der Waals surface area contributed by atoms with Crippen molar-refractivity contribution < 1.29 is 9.53 Å². The summed E-state index contributed by atoms with van der Waals surface area (Å²) in [5, 5.41) is 3.50. The molecule has 1 aromatic carbocycles. The Kier molecular flexibility index (Phi) is 4.88. The third-order valence-electron chi connectivity index (χ3n) is 3.58. The molecule has 0 bridgehead atoms. The Hall–Kier alpha value is -1.55. The highest BCUT2D eigenvalue weighted by Gasteiger charge is 2.37. The van der Waals surface area contributed by atoms with Crippen molar-refractivity contribution >= 4 is 6.09 Å². The van der Waals surface area contributed by atoms with Gasteiger partial charge in [-0.15, -0.1) is 0 Å². The summed E-state index contributed by atoms with van der Waals surface area (Å²) in [5.74, 6) is 0.623. The van der Waals surface area contributed by atoms with E-state index >= 15 is 0 Å². The zero-order valence-corrected chi connectivity index (χ0v) is 13.4. The quantitative estimate of drug-likeness (QED) is 0.906. The fourth-order valence-electron chi connectivity index (χ4n) is 2.34. The van der Waals surface area contributed by atoms with E-state index in [-0.39, 0.29) is 6.09 Å². The van der Waals surface area contributed by atoms with E-state index in [1.807, 2.05) is 26.8 Å². The Bertz CT molecular complexity index is 467. The van der Waals surface area contributed by atoms with Gasteiger partial charge >= 0.3 is 6.09 Å². The second kappa shape index (κ2) is 6.48. The van der Waals surface area contributed by atoms with Gasteiger partial charge in [0, 0.05) is 32.1 Å². The molecule has 0 radical (unpaired) electrons. The van der Waals surface area contributed by atoms with Gasteiger partial charge in [0.1, 0.15) is 5.60 Å². The highest BCUT2D eigenvalue weighted by atomic mass is 16.6. The lowest BCUT2D eigenvalue weighted by Gasteiger charge is -2.24. The molecule has 1 saturated carbocycles. The van der Waals surface area contributed by atoms with E-state index < -0.39 is 5.60 Å². The number of nitrogens with zero attached hydrogens (tertiary/aromatic N) is 1. The molecule has 2 atom stereocenters. The molecule has 4 heteroatoms. The maximum Gasteiger partial charge on any atom is 0.410 e. The molecule has 0 saturated heterocycles. The standard InChI is InChI=1S/C17H26N2O2/c1-17(2,3)21-16(20)19(4)11-10-18-15-12-14(15)13-8-6-5-7-9-13/h5-9,14-15,18H,10-12H2,1-4H3/t14-,15+/m0/s1. The average Bonchev–Trinajstić information content (AvgIpc) is 3.17. The molecule has 0 unspecified atom stereocenters. The number of nitrogens with one attached hydrogen (secondary N) is 1.